The molecule has 0 aromatic rings. The number of hydrogen-bond acceptors (Lipinski definition) is 2. The molecule has 0 saturated carbocycles. The van der Waals surface area contributed by atoms with Crippen LogP contribution in [0.3, 0.4) is 0 Å². The van der Waals surface area contributed by atoms with E-state index in [-0.39, 0.29) is 5.57 Å². The maximum Gasteiger partial charge on any atom is 0.241 e. The number of carbonyl (C=O) groups is 1. The van der Waals surface area contributed by atoms with Gasteiger partial charge in [0, 0.05) is 6.08 Å². The quantitative estimate of drug-likeness (QED) is 0.255. The van der Waals surface area contributed by atoms with Crippen molar-refractivity contribution in [2.75, 3.05) is 0 Å². The first-order chi connectivity index (χ1) is 4.70. The van der Waals surface area contributed by atoms with Crippen molar-refractivity contribution < 1.29 is 4.79 Å². The summed E-state index contributed by atoms with van der Waals surface area (Å²) in [4.78, 5) is 10.1. The van der Waals surface area contributed by atoms with Crippen molar-refractivity contribution in [1.82, 2.24) is 0 Å². The van der Waals surface area contributed by atoms with E-state index >= 15 is 0 Å². The molecule has 0 fully saturated rings. The monoisotopic (exact) mass is 134 g/mol. The minimum atomic E-state index is -0.594. The summed E-state index contributed by atoms with van der Waals surface area (Å²) >= 11 is 0. The highest BCUT2D eigenvalue weighted by atomic mass is 16.1. The van der Waals surface area contributed by atoms with Crippen LogP contribution in [0.15, 0.2) is 30.0 Å². The summed E-state index contributed by atoms with van der Waals surface area (Å²) in [7, 11) is 0. The van der Waals surface area contributed by atoms with Gasteiger partial charge >= 0.3 is 0 Å². The van der Waals surface area contributed by atoms with Gasteiger partial charge in [0.05, 0.1) is 5.57 Å². The number of nitrogens with two attached hydrogens (primary N) is 1. The van der Waals surface area contributed by atoms with E-state index in [1.54, 1.807) is 6.07 Å². The summed E-state index contributed by atoms with van der Waals surface area (Å²) in [6, 6.07) is 1.76. The van der Waals surface area contributed by atoms with Gasteiger partial charge in [-0.3, -0.25) is 4.79 Å². The van der Waals surface area contributed by atoms with Crippen LogP contribution in [-0.2, 0) is 4.79 Å². The summed E-state index contributed by atoms with van der Waals surface area (Å²) in [5.41, 5.74) is 7.26. The number of primary amides is 1. The zero-order valence-electron chi connectivity index (χ0n) is 5.29. The summed E-state index contributed by atoms with van der Waals surface area (Å²) in [6.45, 7) is 3.22. The van der Waals surface area contributed by atoms with Crippen LogP contribution in [-0.4, -0.2) is 5.91 Å². The molecule has 2 N–H and O–H groups in total. The summed E-state index contributed by atoms with van der Waals surface area (Å²) in [5, 5.41) is 8.25. The van der Waals surface area contributed by atoms with Crippen LogP contribution < -0.4 is 5.73 Å². The first kappa shape index (κ1) is 8.22. The van der Waals surface area contributed by atoms with Crippen molar-refractivity contribution in [3.63, 3.8) is 0 Å². The van der Waals surface area contributed by atoms with Gasteiger partial charge in [-0.15, -0.1) is 5.73 Å². The molecule has 0 aliphatic carbocycles. The van der Waals surface area contributed by atoms with E-state index in [9.17, 15) is 4.79 Å². The molecule has 0 radical (unpaired) electrons. The maximum atomic E-state index is 10.1. The SMILES string of the molecule is C=C=C(C#N)/C=C\C(N)=O. The molecule has 0 rings (SSSR count). The van der Waals surface area contributed by atoms with E-state index in [1.165, 1.54) is 6.08 Å². The van der Waals surface area contributed by atoms with Gasteiger partial charge in [0.1, 0.15) is 6.07 Å². The Morgan fingerprint density at radius 1 is 1.60 bits per heavy atom. The molecule has 3 heteroatoms. The van der Waals surface area contributed by atoms with Gasteiger partial charge in [-0.1, -0.05) is 6.58 Å². The largest absolute Gasteiger partial charge is 0.366 e. The Bertz CT molecular complexity index is 251. The third-order valence-electron chi connectivity index (χ3n) is 0.725. The van der Waals surface area contributed by atoms with E-state index < -0.39 is 5.91 Å². The second kappa shape index (κ2) is 4.13. The number of carbonyl (C=O) groups excluding carboxylic acids is 1. The molecule has 0 unspecified atom stereocenters. The van der Waals surface area contributed by atoms with Crippen LogP contribution in [0.4, 0.5) is 0 Å². The molecule has 0 aromatic heterocycles. The summed E-state index contributed by atoms with van der Waals surface area (Å²) in [6.07, 6.45) is 2.34. The van der Waals surface area contributed by atoms with Crippen molar-refractivity contribution >= 4 is 5.91 Å². The number of rotatable bonds is 2. The van der Waals surface area contributed by atoms with E-state index in [0.717, 1.165) is 6.08 Å². The molecular formula is C7H6N2O. The normalized spacial score (nSPS) is 8.30. The Kier molecular flexibility index (Phi) is 3.40. The van der Waals surface area contributed by atoms with E-state index in [1.807, 2.05) is 0 Å². The second-order valence-corrected chi connectivity index (χ2v) is 1.44. The number of nitriles is 1. The second-order valence-electron chi connectivity index (χ2n) is 1.44. The third-order valence-corrected chi connectivity index (χ3v) is 0.725. The topological polar surface area (TPSA) is 66.9 Å². The number of amides is 1. The van der Waals surface area contributed by atoms with Crippen LogP contribution in [0.25, 0.3) is 0 Å². The molecule has 3 nitrogen and oxygen atoms in total. The molecule has 10 heavy (non-hydrogen) atoms. The van der Waals surface area contributed by atoms with Crippen LogP contribution in [0.5, 0.6) is 0 Å². The molecule has 0 atom stereocenters. The minimum Gasteiger partial charge on any atom is -0.366 e. The van der Waals surface area contributed by atoms with Crippen molar-refractivity contribution in [2.45, 2.75) is 0 Å². The number of allylic oxidation sites excluding steroid dienone is 2. The van der Waals surface area contributed by atoms with Gasteiger partial charge in [-0.05, 0) is 6.08 Å². The third kappa shape index (κ3) is 3.25. The van der Waals surface area contributed by atoms with Gasteiger partial charge in [0.25, 0.3) is 0 Å². The fourth-order valence-corrected chi connectivity index (χ4v) is 0.301. The van der Waals surface area contributed by atoms with E-state index in [2.05, 4.69) is 12.3 Å². The molecular weight excluding hydrogens is 128 g/mol. The summed E-state index contributed by atoms with van der Waals surface area (Å²) in [5.74, 6) is -0.594. The Balaban J connectivity index is 4.31. The lowest BCUT2D eigenvalue weighted by atomic mass is 10.3. The highest BCUT2D eigenvalue weighted by Crippen LogP contribution is 1.88. The predicted octanol–water partition coefficient (Wildman–Crippen LogP) is 0.263. The maximum absolute atomic E-state index is 10.1. The molecule has 0 bridgehead atoms. The van der Waals surface area contributed by atoms with Crippen molar-refractivity contribution in [2.24, 2.45) is 5.73 Å². The minimum absolute atomic E-state index is 0.193. The molecule has 0 saturated heterocycles. The van der Waals surface area contributed by atoms with E-state index in [4.69, 9.17) is 11.0 Å². The zero-order chi connectivity index (χ0) is 7.98. The smallest absolute Gasteiger partial charge is 0.241 e. The van der Waals surface area contributed by atoms with Crippen LogP contribution in [0, 0.1) is 11.3 Å². The van der Waals surface area contributed by atoms with Crippen molar-refractivity contribution in [3.8, 4) is 6.07 Å². The number of nitrogens with zero attached hydrogens (tertiary/aromatic N) is 1. The molecule has 0 aliphatic rings. The van der Waals surface area contributed by atoms with Crippen LogP contribution in [0.2, 0.25) is 0 Å². The lowest BCUT2D eigenvalue weighted by Crippen LogP contribution is -2.05. The fraction of sp³-hybridized carbons (Fsp3) is 0. The summed E-state index contributed by atoms with van der Waals surface area (Å²) < 4.78 is 0. The molecule has 0 aromatic carbocycles. The number of hydrogen-bond donors (Lipinski definition) is 1. The molecule has 0 spiro atoms. The average molecular weight is 134 g/mol. The van der Waals surface area contributed by atoms with Gasteiger partial charge < -0.3 is 5.73 Å². The van der Waals surface area contributed by atoms with Gasteiger partial charge in [0.15, 0.2) is 0 Å². The Morgan fingerprint density at radius 3 is 2.50 bits per heavy atom. The highest BCUT2D eigenvalue weighted by Gasteiger charge is 1.85. The molecule has 50 valence electrons. The Hall–Kier alpha value is -1.78. The molecule has 0 aliphatic heterocycles. The van der Waals surface area contributed by atoms with Gasteiger partial charge in [-0.25, -0.2) is 0 Å². The van der Waals surface area contributed by atoms with Gasteiger partial charge in [0.2, 0.25) is 5.91 Å². The first-order valence-corrected chi connectivity index (χ1v) is 2.48. The molecule has 1 amide bonds. The van der Waals surface area contributed by atoms with Gasteiger partial charge in [-0.2, -0.15) is 5.26 Å². The van der Waals surface area contributed by atoms with Crippen molar-refractivity contribution in [1.29, 1.82) is 5.26 Å². The Labute approximate surface area is 58.8 Å². The zero-order valence-corrected chi connectivity index (χ0v) is 5.29. The van der Waals surface area contributed by atoms with E-state index in [0.29, 0.717) is 0 Å². The fourth-order valence-electron chi connectivity index (χ4n) is 0.301. The Morgan fingerprint density at radius 2 is 2.20 bits per heavy atom. The average Bonchev–Trinajstić information content (AvgIpc) is 1.90. The lowest BCUT2D eigenvalue weighted by molar-refractivity contribution is -0.113. The van der Waals surface area contributed by atoms with Crippen LogP contribution in [0.1, 0.15) is 0 Å². The van der Waals surface area contributed by atoms with Crippen LogP contribution >= 0.6 is 0 Å². The lowest BCUT2D eigenvalue weighted by Gasteiger charge is -1.78. The first-order valence-electron chi connectivity index (χ1n) is 2.48. The van der Waals surface area contributed by atoms with Crippen molar-refractivity contribution in [3.05, 3.63) is 30.0 Å². The molecule has 0 heterocycles. The predicted molar refractivity (Wildman–Crippen MR) is 36.6 cm³/mol. The standard InChI is InChI=1S/C7H6N2O/c1-2-6(5-8)3-4-7(9)10/h3-4H,1H2,(H2,9,10)/b4-3-. The highest BCUT2D eigenvalue weighted by molar-refractivity contribution is 5.86.